The minimum Gasteiger partial charge on any atom is -0.489 e. The van der Waals surface area contributed by atoms with Gasteiger partial charge in [-0.25, -0.2) is 0 Å². The molecule has 0 aliphatic carbocycles. The van der Waals surface area contributed by atoms with Gasteiger partial charge in [0, 0.05) is 11.5 Å². The van der Waals surface area contributed by atoms with E-state index in [1.165, 1.54) is 0 Å². The number of nitrogens with zero attached hydrogens (tertiary/aromatic N) is 1. The number of aromatic nitrogens is 1. The summed E-state index contributed by atoms with van der Waals surface area (Å²) >= 11 is 3.16. The zero-order valence-electron chi connectivity index (χ0n) is 7.40. The van der Waals surface area contributed by atoms with E-state index < -0.39 is 6.10 Å². The van der Waals surface area contributed by atoms with Crippen LogP contribution in [0.1, 0.15) is 5.69 Å². The first-order valence-corrected chi connectivity index (χ1v) is 5.14. The molecule has 0 fully saturated rings. The first-order chi connectivity index (χ1) is 6.24. The zero-order chi connectivity index (χ0) is 9.68. The molecular formula is C9H12BrNO2. The van der Waals surface area contributed by atoms with Crippen LogP contribution in [0.25, 0.3) is 0 Å². The average Bonchev–Trinajstić information content (AvgIpc) is 2.16. The van der Waals surface area contributed by atoms with Crippen molar-refractivity contribution in [2.24, 2.45) is 0 Å². The van der Waals surface area contributed by atoms with Crippen LogP contribution in [0.4, 0.5) is 0 Å². The molecular weight excluding hydrogens is 234 g/mol. The van der Waals surface area contributed by atoms with E-state index in [-0.39, 0.29) is 6.61 Å². The van der Waals surface area contributed by atoms with Gasteiger partial charge in [0.2, 0.25) is 0 Å². The SMILES string of the molecule is Cc1ncccc1OCC(O)CBr. The fourth-order valence-corrected chi connectivity index (χ4v) is 1.04. The van der Waals surface area contributed by atoms with Gasteiger partial charge in [-0.15, -0.1) is 0 Å². The highest BCUT2D eigenvalue weighted by atomic mass is 79.9. The lowest BCUT2D eigenvalue weighted by Gasteiger charge is -2.10. The maximum Gasteiger partial charge on any atom is 0.140 e. The van der Waals surface area contributed by atoms with Crippen LogP contribution in [-0.2, 0) is 0 Å². The second-order valence-corrected chi connectivity index (χ2v) is 3.35. The van der Waals surface area contributed by atoms with Gasteiger partial charge in [-0.3, -0.25) is 4.98 Å². The number of aryl methyl sites for hydroxylation is 1. The van der Waals surface area contributed by atoms with Crippen molar-refractivity contribution in [3.05, 3.63) is 24.0 Å². The molecule has 0 aliphatic rings. The van der Waals surface area contributed by atoms with Crippen LogP contribution < -0.4 is 4.74 Å². The van der Waals surface area contributed by atoms with E-state index in [9.17, 15) is 5.11 Å². The van der Waals surface area contributed by atoms with Crippen LogP contribution in [0.3, 0.4) is 0 Å². The molecule has 4 heteroatoms. The van der Waals surface area contributed by atoms with E-state index in [0.29, 0.717) is 5.33 Å². The van der Waals surface area contributed by atoms with Gasteiger partial charge in [0.05, 0.1) is 11.8 Å². The van der Waals surface area contributed by atoms with Gasteiger partial charge in [-0.1, -0.05) is 15.9 Å². The van der Waals surface area contributed by atoms with Crippen molar-refractivity contribution in [1.29, 1.82) is 0 Å². The number of alkyl halides is 1. The molecule has 1 aromatic heterocycles. The number of aliphatic hydroxyl groups excluding tert-OH is 1. The second-order valence-electron chi connectivity index (χ2n) is 2.71. The van der Waals surface area contributed by atoms with Crippen LogP contribution in [0, 0.1) is 6.92 Å². The Balaban J connectivity index is 2.50. The van der Waals surface area contributed by atoms with Gasteiger partial charge >= 0.3 is 0 Å². The Bertz CT molecular complexity index is 268. The molecule has 1 unspecified atom stereocenters. The summed E-state index contributed by atoms with van der Waals surface area (Å²) in [4.78, 5) is 4.06. The van der Waals surface area contributed by atoms with Crippen LogP contribution in [0.5, 0.6) is 5.75 Å². The monoisotopic (exact) mass is 245 g/mol. The molecule has 0 radical (unpaired) electrons. The van der Waals surface area contributed by atoms with Crippen molar-refractivity contribution < 1.29 is 9.84 Å². The van der Waals surface area contributed by atoms with Gasteiger partial charge in [0.1, 0.15) is 12.4 Å². The van der Waals surface area contributed by atoms with Gasteiger partial charge in [-0.05, 0) is 19.1 Å². The summed E-state index contributed by atoms with van der Waals surface area (Å²) in [6.45, 7) is 2.16. The Hall–Kier alpha value is -0.610. The number of aliphatic hydroxyl groups is 1. The van der Waals surface area contributed by atoms with E-state index in [0.717, 1.165) is 11.4 Å². The topological polar surface area (TPSA) is 42.4 Å². The van der Waals surface area contributed by atoms with E-state index in [4.69, 9.17) is 4.74 Å². The Morgan fingerprint density at radius 1 is 1.69 bits per heavy atom. The standard InChI is InChI=1S/C9H12BrNO2/c1-7-9(3-2-4-11-7)13-6-8(12)5-10/h2-4,8,12H,5-6H2,1H3. The highest BCUT2D eigenvalue weighted by molar-refractivity contribution is 9.09. The third kappa shape index (κ3) is 3.32. The first kappa shape index (κ1) is 10.5. The summed E-state index contributed by atoms with van der Waals surface area (Å²) in [5, 5.41) is 9.74. The number of hydrogen-bond acceptors (Lipinski definition) is 3. The molecule has 72 valence electrons. The predicted molar refractivity (Wildman–Crippen MR) is 54.3 cm³/mol. The fraction of sp³-hybridized carbons (Fsp3) is 0.444. The molecule has 13 heavy (non-hydrogen) atoms. The van der Waals surface area contributed by atoms with Crippen molar-refractivity contribution in [2.75, 3.05) is 11.9 Å². The van der Waals surface area contributed by atoms with E-state index >= 15 is 0 Å². The molecule has 0 amide bonds. The van der Waals surface area contributed by atoms with E-state index in [2.05, 4.69) is 20.9 Å². The molecule has 0 saturated carbocycles. The van der Waals surface area contributed by atoms with E-state index in [1.807, 2.05) is 19.1 Å². The number of halogens is 1. The second kappa shape index (κ2) is 5.19. The van der Waals surface area contributed by atoms with Crippen molar-refractivity contribution in [1.82, 2.24) is 4.98 Å². The maximum absolute atomic E-state index is 9.22. The normalized spacial score (nSPS) is 12.5. The van der Waals surface area contributed by atoms with Gasteiger partial charge in [0.15, 0.2) is 0 Å². The van der Waals surface area contributed by atoms with Gasteiger partial charge < -0.3 is 9.84 Å². The van der Waals surface area contributed by atoms with Crippen LogP contribution in [0.15, 0.2) is 18.3 Å². The Labute approximate surface area is 85.9 Å². The third-order valence-electron chi connectivity index (χ3n) is 1.57. The van der Waals surface area contributed by atoms with E-state index in [1.54, 1.807) is 6.20 Å². The third-order valence-corrected chi connectivity index (χ3v) is 2.32. The summed E-state index contributed by atoms with van der Waals surface area (Å²) in [6, 6.07) is 3.64. The number of rotatable bonds is 4. The molecule has 0 bridgehead atoms. The largest absolute Gasteiger partial charge is 0.489 e. The molecule has 0 aliphatic heterocycles. The molecule has 0 saturated heterocycles. The summed E-state index contributed by atoms with van der Waals surface area (Å²) in [5.41, 5.74) is 0.837. The van der Waals surface area contributed by atoms with Gasteiger partial charge in [-0.2, -0.15) is 0 Å². The Kier molecular flexibility index (Phi) is 4.18. The summed E-state index contributed by atoms with van der Waals surface area (Å²) in [5.74, 6) is 0.725. The molecule has 1 atom stereocenters. The van der Waals surface area contributed by atoms with Crippen LogP contribution in [0.2, 0.25) is 0 Å². The highest BCUT2D eigenvalue weighted by Crippen LogP contribution is 2.13. The molecule has 1 N–H and O–H groups in total. The summed E-state index contributed by atoms with van der Waals surface area (Å²) in [6.07, 6.45) is 1.24. The number of hydrogen-bond donors (Lipinski definition) is 1. The average molecular weight is 246 g/mol. The first-order valence-electron chi connectivity index (χ1n) is 4.02. The quantitative estimate of drug-likeness (QED) is 0.819. The highest BCUT2D eigenvalue weighted by Gasteiger charge is 2.04. The van der Waals surface area contributed by atoms with Crippen molar-refractivity contribution in [2.45, 2.75) is 13.0 Å². The molecule has 1 rings (SSSR count). The van der Waals surface area contributed by atoms with Crippen molar-refractivity contribution in [3.8, 4) is 5.75 Å². The lowest BCUT2D eigenvalue weighted by Crippen LogP contribution is -2.19. The van der Waals surface area contributed by atoms with Crippen molar-refractivity contribution >= 4 is 15.9 Å². The Morgan fingerprint density at radius 3 is 3.08 bits per heavy atom. The minimum absolute atomic E-state index is 0.289. The molecule has 1 aromatic rings. The summed E-state index contributed by atoms with van der Waals surface area (Å²) < 4.78 is 5.35. The van der Waals surface area contributed by atoms with Crippen LogP contribution in [-0.4, -0.2) is 28.1 Å². The molecule has 0 aromatic carbocycles. The lowest BCUT2D eigenvalue weighted by atomic mass is 10.3. The molecule has 3 nitrogen and oxygen atoms in total. The minimum atomic E-state index is -0.473. The smallest absolute Gasteiger partial charge is 0.140 e. The molecule has 0 spiro atoms. The van der Waals surface area contributed by atoms with Gasteiger partial charge in [0.25, 0.3) is 0 Å². The fourth-order valence-electron chi connectivity index (χ4n) is 0.853. The summed E-state index contributed by atoms with van der Waals surface area (Å²) in [7, 11) is 0. The number of pyridine rings is 1. The number of ether oxygens (including phenoxy) is 1. The lowest BCUT2D eigenvalue weighted by molar-refractivity contribution is 0.126. The maximum atomic E-state index is 9.22. The van der Waals surface area contributed by atoms with Crippen molar-refractivity contribution in [3.63, 3.8) is 0 Å². The van der Waals surface area contributed by atoms with Crippen LogP contribution >= 0.6 is 15.9 Å². The Morgan fingerprint density at radius 2 is 2.46 bits per heavy atom. The molecule has 1 heterocycles. The predicted octanol–water partition coefficient (Wildman–Crippen LogP) is 1.52. The zero-order valence-corrected chi connectivity index (χ0v) is 8.99.